The smallest absolute Gasteiger partial charge is 0.267 e. The third-order valence-corrected chi connectivity index (χ3v) is 6.44. The molecule has 1 atom stereocenters. The van der Waals surface area contributed by atoms with E-state index in [0.29, 0.717) is 27.2 Å². The van der Waals surface area contributed by atoms with E-state index < -0.39 is 0 Å². The molecule has 0 bridgehead atoms. The molecule has 0 radical (unpaired) electrons. The van der Waals surface area contributed by atoms with Crippen LogP contribution < -0.4 is 11.1 Å². The average molecular weight is 386 g/mol. The summed E-state index contributed by atoms with van der Waals surface area (Å²) >= 11 is 7.25. The van der Waals surface area contributed by atoms with Gasteiger partial charge in [0, 0.05) is 21.8 Å². The lowest BCUT2D eigenvalue weighted by molar-refractivity contribution is 0.103. The molecule has 3 aromatic rings. The number of aryl methyl sites for hydroxylation is 1. The minimum Gasteiger partial charge on any atom is -0.397 e. The number of halogens is 1. The summed E-state index contributed by atoms with van der Waals surface area (Å²) in [5, 5.41) is 4.40. The molecule has 3 N–H and O–H groups in total. The predicted molar refractivity (Wildman–Crippen MR) is 109 cm³/mol. The molecule has 2 aromatic heterocycles. The SMILES string of the molecule is CCC1CCc2nc3sc(C(=O)Nc4ccc(Cl)cc4)c(N)c3cc2C1. The summed E-state index contributed by atoms with van der Waals surface area (Å²) < 4.78 is 0. The second-order valence-electron chi connectivity index (χ2n) is 6.77. The van der Waals surface area contributed by atoms with E-state index in [1.165, 1.54) is 29.7 Å². The number of carbonyl (C=O) groups excluding carboxylic acids is 1. The maximum Gasteiger partial charge on any atom is 0.267 e. The summed E-state index contributed by atoms with van der Waals surface area (Å²) in [6.45, 7) is 2.24. The maximum atomic E-state index is 12.7. The van der Waals surface area contributed by atoms with Gasteiger partial charge in [0.1, 0.15) is 9.71 Å². The number of anilines is 2. The fourth-order valence-corrected chi connectivity index (χ4v) is 4.62. The van der Waals surface area contributed by atoms with E-state index in [2.05, 4.69) is 18.3 Å². The number of aromatic nitrogens is 1. The number of nitrogen functional groups attached to an aromatic ring is 1. The van der Waals surface area contributed by atoms with Crippen LogP contribution in [-0.4, -0.2) is 10.9 Å². The van der Waals surface area contributed by atoms with Crippen LogP contribution in [0, 0.1) is 5.92 Å². The highest BCUT2D eigenvalue weighted by atomic mass is 35.5. The van der Waals surface area contributed by atoms with Gasteiger partial charge in [0.05, 0.1) is 5.69 Å². The number of nitrogens with two attached hydrogens (primary N) is 1. The van der Waals surface area contributed by atoms with Crippen LogP contribution >= 0.6 is 22.9 Å². The van der Waals surface area contributed by atoms with Gasteiger partial charge in [-0.3, -0.25) is 4.79 Å². The van der Waals surface area contributed by atoms with Gasteiger partial charge >= 0.3 is 0 Å². The van der Waals surface area contributed by atoms with Crippen LogP contribution in [0.25, 0.3) is 10.2 Å². The van der Waals surface area contributed by atoms with Crippen LogP contribution in [0.5, 0.6) is 0 Å². The van der Waals surface area contributed by atoms with Crippen molar-refractivity contribution < 1.29 is 4.79 Å². The number of pyridine rings is 1. The summed E-state index contributed by atoms with van der Waals surface area (Å²) in [5.74, 6) is 0.506. The molecule has 1 aromatic carbocycles. The van der Waals surface area contributed by atoms with Gasteiger partial charge in [-0.05, 0) is 61.1 Å². The number of carbonyl (C=O) groups is 1. The van der Waals surface area contributed by atoms with Crippen molar-refractivity contribution in [2.45, 2.75) is 32.6 Å². The van der Waals surface area contributed by atoms with Crippen molar-refractivity contribution in [1.29, 1.82) is 0 Å². The van der Waals surface area contributed by atoms with Gasteiger partial charge in [0.2, 0.25) is 0 Å². The number of rotatable bonds is 3. The van der Waals surface area contributed by atoms with Crippen LogP contribution in [0.2, 0.25) is 5.02 Å². The Morgan fingerprint density at radius 3 is 2.88 bits per heavy atom. The van der Waals surface area contributed by atoms with Crippen molar-refractivity contribution in [2.24, 2.45) is 5.92 Å². The first-order valence-corrected chi connectivity index (χ1v) is 10.0. The Balaban J connectivity index is 1.67. The molecule has 2 heterocycles. The molecule has 6 heteroatoms. The molecule has 4 nitrogen and oxygen atoms in total. The third kappa shape index (κ3) is 3.17. The zero-order valence-electron chi connectivity index (χ0n) is 14.5. The third-order valence-electron chi connectivity index (χ3n) is 5.07. The van der Waals surface area contributed by atoms with Crippen LogP contribution in [0.1, 0.15) is 40.7 Å². The first-order chi connectivity index (χ1) is 12.5. The van der Waals surface area contributed by atoms with Gasteiger partial charge in [-0.2, -0.15) is 0 Å². The second kappa shape index (κ2) is 6.89. The van der Waals surface area contributed by atoms with Crippen LogP contribution in [0.4, 0.5) is 11.4 Å². The summed E-state index contributed by atoms with van der Waals surface area (Å²) in [6, 6.07) is 9.16. The number of fused-ring (bicyclic) bond motifs is 2. The molecular formula is C20H20ClN3OS. The Hall–Kier alpha value is -2.11. The van der Waals surface area contributed by atoms with Crippen LogP contribution in [-0.2, 0) is 12.8 Å². The van der Waals surface area contributed by atoms with Gasteiger partial charge in [-0.25, -0.2) is 4.98 Å². The van der Waals surface area contributed by atoms with Crippen molar-refractivity contribution >= 4 is 50.4 Å². The fourth-order valence-electron chi connectivity index (χ4n) is 3.50. The minimum atomic E-state index is -0.211. The van der Waals surface area contributed by atoms with Gasteiger partial charge < -0.3 is 11.1 Å². The van der Waals surface area contributed by atoms with E-state index in [1.807, 2.05) is 0 Å². The lowest BCUT2D eigenvalue weighted by Crippen LogP contribution is -2.14. The number of nitrogens with zero attached hydrogens (tertiary/aromatic N) is 1. The van der Waals surface area contributed by atoms with Crippen LogP contribution in [0.15, 0.2) is 30.3 Å². The Morgan fingerprint density at radius 2 is 2.15 bits per heavy atom. The van der Waals surface area contributed by atoms with Crippen molar-refractivity contribution in [3.63, 3.8) is 0 Å². The van der Waals surface area contributed by atoms with E-state index in [-0.39, 0.29) is 5.91 Å². The highest BCUT2D eigenvalue weighted by molar-refractivity contribution is 7.21. The van der Waals surface area contributed by atoms with Crippen molar-refractivity contribution in [1.82, 2.24) is 4.98 Å². The number of hydrogen-bond acceptors (Lipinski definition) is 4. The molecule has 0 fully saturated rings. The van der Waals surface area contributed by atoms with E-state index in [9.17, 15) is 4.79 Å². The van der Waals surface area contributed by atoms with Gasteiger partial charge in [-0.1, -0.05) is 24.9 Å². The minimum absolute atomic E-state index is 0.211. The van der Waals surface area contributed by atoms with Gasteiger partial charge in [-0.15, -0.1) is 11.3 Å². The molecule has 1 amide bonds. The Labute approximate surface area is 161 Å². The fraction of sp³-hybridized carbons (Fsp3) is 0.300. The lowest BCUT2D eigenvalue weighted by atomic mass is 9.85. The Kier molecular flexibility index (Phi) is 4.59. The van der Waals surface area contributed by atoms with E-state index >= 15 is 0 Å². The molecule has 134 valence electrons. The van der Waals surface area contributed by atoms with Crippen LogP contribution in [0.3, 0.4) is 0 Å². The first kappa shape index (κ1) is 17.3. The van der Waals surface area contributed by atoms with Gasteiger partial charge in [0.15, 0.2) is 0 Å². The Bertz CT molecular complexity index is 981. The normalized spacial score (nSPS) is 16.5. The highest BCUT2D eigenvalue weighted by Crippen LogP contribution is 2.37. The first-order valence-electron chi connectivity index (χ1n) is 8.82. The average Bonchev–Trinajstić information content (AvgIpc) is 2.97. The molecule has 1 aliphatic carbocycles. The number of hydrogen-bond donors (Lipinski definition) is 2. The zero-order chi connectivity index (χ0) is 18.3. The topological polar surface area (TPSA) is 68.0 Å². The predicted octanol–water partition coefficient (Wildman–Crippen LogP) is 5.30. The van der Waals surface area contributed by atoms with E-state index in [0.717, 1.165) is 28.8 Å². The molecule has 0 aliphatic heterocycles. The van der Waals surface area contributed by atoms with Crippen molar-refractivity contribution in [3.05, 3.63) is 51.5 Å². The lowest BCUT2D eigenvalue weighted by Gasteiger charge is -2.22. The number of amides is 1. The molecule has 1 aliphatic rings. The zero-order valence-corrected chi connectivity index (χ0v) is 16.1. The second-order valence-corrected chi connectivity index (χ2v) is 8.21. The van der Waals surface area contributed by atoms with Crippen molar-refractivity contribution in [3.8, 4) is 0 Å². The van der Waals surface area contributed by atoms with E-state index in [1.54, 1.807) is 24.3 Å². The molecule has 1 unspecified atom stereocenters. The molecule has 4 rings (SSSR count). The maximum absolute atomic E-state index is 12.7. The standard InChI is InChI=1S/C20H20ClN3OS/c1-2-11-3-8-16-12(9-11)10-15-17(22)18(26-20(15)24-16)19(25)23-14-6-4-13(21)5-7-14/h4-7,10-11H,2-3,8-9,22H2,1H3,(H,23,25). The van der Waals surface area contributed by atoms with Crippen molar-refractivity contribution in [2.75, 3.05) is 11.1 Å². The van der Waals surface area contributed by atoms with Gasteiger partial charge in [0.25, 0.3) is 5.91 Å². The Morgan fingerprint density at radius 1 is 1.38 bits per heavy atom. The van der Waals surface area contributed by atoms with E-state index in [4.69, 9.17) is 22.3 Å². The molecule has 26 heavy (non-hydrogen) atoms. The molecule has 0 saturated carbocycles. The summed E-state index contributed by atoms with van der Waals surface area (Å²) in [5.41, 5.74) is 9.96. The number of nitrogens with one attached hydrogen (secondary N) is 1. The largest absolute Gasteiger partial charge is 0.397 e. The molecule has 0 saturated heterocycles. The summed E-state index contributed by atoms with van der Waals surface area (Å²) in [7, 11) is 0. The molecule has 0 spiro atoms. The summed E-state index contributed by atoms with van der Waals surface area (Å²) in [4.78, 5) is 18.8. The highest BCUT2D eigenvalue weighted by Gasteiger charge is 2.23. The number of thiophene rings is 1. The monoisotopic (exact) mass is 385 g/mol. The number of benzene rings is 1. The molecular weight excluding hydrogens is 366 g/mol. The quantitative estimate of drug-likeness (QED) is 0.642. The summed E-state index contributed by atoms with van der Waals surface area (Å²) in [6.07, 6.45) is 4.43.